The molecule has 0 saturated heterocycles. The third-order valence-corrected chi connectivity index (χ3v) is 5.12. The smallest absolute Gasteiger partial charge is 0.195 e. The third-order valence-electron chi connectivity index (χ3n) is 4.09. The minimum Gasteiger partial charge on any atom is -0.490 e. The maximum absolute atomic E-state index is 5.76. The predicted octanol–water partition coefficient (Wildman–Crippen LogP) is 4.63. The van der Waals surface area contributed by atoms with Gasteiger partial charge in [0.15, 0.2) is 17.5 Å². The van der Waals surface area contributed by atoms with Crippen molar-refractivity contribution in [3.8, 4) is 11.5 Å². The van der Waals surface area contributed by atoms with Crippen LogP contribution in [0, 0.1) is 6.92 Å². The van der Waals surface area contributed by atoms with Crippen LogP contribution < -0.4 is 20.1 Å². The van der Waals surface area contributed by atoms with Gasteiger partial charge in [0, 0.05) is 42.3 Å². The zero-order chi connectivity index (χ0) is 18.9. The lowest BCUT2D eigenvalue weighted by atomic mass is 10.2. The van der Waals surface area contributed by atoms with E-state index in [1.807, 2.05) is 25.1 Å². The van der Waals surface area contributed by atoms with Crippen molar-refractivity contribution in [2.45, 2.75) is 39.5 Å². The van der Waals surface area contributed by atoms with Gasteiger partial charge in [-0.15, -0.1) is 35.3 Å². The van der Waals surface area contributed by atoms with Crippen molar-refractivity contribution in [3.05, 3.63) is 34.3 Å². The fraction of sp³-hybridized carbons (Fsp3) is 0.500. The maximum atomic E-state index is 5.76. The molecule has 2 N–H and O–H groups in total. The first-order chi connectivity index (χ1) is 13.2. The number of guanidine groups is 1. The van der Waals surface area contributed by atoms with Crippen molar-refractivity contribution >= 4 is 47.0 Å². The fourth-order valence-electron chi connectivity index (χ4n) is 2.78. The summed E-state index contributed by atoms with van der Waals surface area (Å²) in [7, 11) is 0. The van der Waals surface area contributed by atoms with E-state index in [1.165, 1.54) is 5.01 Å². The Hall–Kier alpha value is -1.55. The van der Waals surface area contributed by atoms with Crippen LogP contribution in [0.25, 0.3) is 0 Å². The van der Waals surface area contributed by atoms with Gasteiger partial charge in [0.1, 0.15) is 0 Å². The van der Waals surface area contributed by atoms with Crippen LogP contribution in [0.15, 0.2) is 28.6 Å². The van der Waals surface area contributed by atoms with Gasteiger partial charge in [-0.3, -0.25) is 4.99 Å². The summed E-state index contributed by atoms with van der Waals surface area (Å²) >= 11 is 1.74. The minimum absolute atomic E-state index is 0. The topological polar surface area (TPSA) is 67.8 Å². The van der Waals surface area contributed by atoms with Crippen LogP contribution in [0.3, 0.4) is 0 Å². The Morgan fingerprint density at radius 3 is 2.79 bits per heavy atom. The van der Waals surface area contributed by atoms with Crippen molar-refractivity contribution in [3.63, 3.8) is 0 Å². The number of halogens is 1. The van der Waals surface area contributed by atoms with Crippen molar-refractivity contribution in [1.29, 1.82) is 0 Å². The van der Waals surface area contributed by atoms with Gasteiger partial charge in [0.25, 0.3) is 0 Å². The molecule has 0 unspecified atom stereocenters. The third kappa shape index (κ3) is 7.12. The van der Waals surface area contributed by atoms with E-state index < -0.39 is 0 Å². The average molecular weight is 516 g/mol. The van der Waals surface area contributed by atoms with E-state index in [0.29, 0.717) is 13.2 Å². The maximum Gasteiger partial charge on any atom is 0.195 e. The molecule has 0 amide bonds. The molecular weight excluding hydrogens is 487 g/mol. The number of anilines is 1. The highest BCUT2D eigenvalue weighted by molar-refractivity contribution is 14.0. The van der Waals surface area contributed by atoms with E-state index in [1.54, 1.807) is 11.3 Å². The Labute approximate surface area is 188 Å². The molecule has 6 nitrogen and oxygen atoms in total. The second-order valence-corrected chi connectivity index (χ2v) is 7.38. The number of fused-ring (bicyclic) bond motifs is 1. The van der Waals surface area contributed by atoms with E-state index in [2.05, 4.69) is 32.9 Å². The standard InChI is InChI=1S/C20H28N4O2S.HI/c1-3-21-20(22-10-5-4-7-19-23-15(2)14-27-19)24-16-8-9-17-18(13-16)26-12-6-11-25-17;/h8-9,13-14H,3-7,10-12H2,1-2H3,(H2,21,22,24);1H. The lowest BCUT2D eigenvalue weighted by molar-refractivity contribution is 0.297. The molecule has 0 aliphatic carbocycles. The van der Waals surface area contributed by atoms with Crippen molar-refractivity contribution < 1.29 is 9.47 Å². The average Bonchev–Trinajstić information content (AvgIpc) is 2.93. The highest BCUT2D eigenvalue weighted by Crippen LogP contribution is 2.32. The molecule has 0 radical (unpaired) electrons. The van der Waals surface area contributed by atoms with Crippen LogP contribution in [-0.2, 0) is 6.42 Å². The van der Waals surface area contributed by atoms with Gasteiger partial charge in [0.2, 0.25) is 0 Å². The number of rotatable bonds is 7. The van der Waals surface area contributed by atoms with E-state index in [-0.39, 0.29) is 24.0 Å². The molecule has 154 valence electrons. The first-order valence-electron chi connectivity index (χ1n) is 9.60. The summed E-state index contributed by atoms with van der Waals surface area (Å²) in [6.07, 6.45) is 4.07. The molecule has 0 fully saturated rings. The predicted molar refractivity (Wildman–Crippen MR) is 127 cm³/mol. The first-order valence-corrected chi connectivity index (χ1v) is 10.5. The molecule has 1 aromatic carbocycles. The number of nitrogens with one attached hydrogen (secondary N) is 2. The van der Waals surface area contributed by atoms with Gasteiger partial charge >= 0.3 is 0 Å². The van der Waals surface area contributed by atoms with Gasteiger partial charge in [-0.25, -0.2) is 4.98 Å². The number of benzene rings is 1. The molecule has 0 saturated carbocycles. The summed E-state index contributed by atoms with van der Waals surface area (Å²) < 4.78 is 11.4. The summed E-state index contributed by atoms with van der Waals surface area (Å²) in [4.78, 5) is 9.19. The molecule has 0 spiro atoms. The van der Waals surface area contributed by atoms with Crippen LogP contribution in [0.1, 0.15) is 36.9 Å². The molecule has 1 aliphatic rings. The second-order valence-electron chi connectivity index (χ2n) is 6.44. The lowest BCUT2D eigenvalue weighted by Gasteiger charge is -2.13. The van der Waals surface area contributed by atoms with Gasteiger partial charge in [0.05, 0.1) is 18.2 Å². The Kier molecular flexibility index (Phi) is 9.83. The Morgan fingerprint density at radius 2 is 2.04 bits per heavy atom. The Morgan fingerprint density at radius 1 is 1.21 bits per heavy atom. The SMILES string of the molecule is CCNC(=NCCCCc1nc(C)cs1)Nc1ccc2c(c1)OCCCO2.I. The minimum atomic E-state index is 0. The summed E-state index contributed by atoms with van der Waals surface area (Å²) in [5, 5.41) is 9.97. The van der Waals surface area contributed by atoms with Crippen LogP contribution >= 0.6 is 35.3 Å². The number of thiazole rings is 1. The highest BCUT2D eigenvalue weighted by atomic mass is 127. The Bertz CT molecular complexity index is 766. The number of unbranched alkanes of at least 4 members (excludes halogenated alkanes) is 1. The molecule has 28 heavy (non-hydrogen) atoms. The number of hydrogen-bond donors (Lipinski definition) is 2. The van der Waals surface area contributed by atoms with E-state index >= 15 is 0 Å². The number of aliphatic imine (C=N–C) groups is 1. The van der Waals surface area contributed by atoms with Gasteiger partial charge in [-0.2, -0.15) is 0 Å². The number of ether oxygens (including phenoxy) is 2. The highest BCUT2D eigenvalue weighted by Gasteiger charge is 2.11. The molecule has 1 aromatic heterocycles. The quantitative estimate of drug-likeness (QED) is 0.243. The summed E-state index contributed by atoms with van der Waals surface area (Å²) in [5.41, 5.74) is 2.05. The van der Waals surface area contributed by atoms with Crippen LogP contribution in [0.4, 0.5) is 5.69 Å². The first kappa shape index (κ1) is 22.7. The summed E-state index contributed by atoms with van der Waals surface area (Å²) in [6.45, 7) is 7.08. The van der Waals surface area contributed by atoms with E-state index in [0.717, 1.165) is 67.6 Å². The number of nitrogens with zero attached hydrogens (tertiary/aromatic N) is 2. The number of aromatic nitrogens is 1. The van der Waals surface area contributed by atoms with Crippen molar-refractivity contribution in [2.75, 3.05) is 31.6 Å². The van der Waals surface area contributed by atoms with E-state index in [9.17, 15) is 0 Å². The molecular formula is C20H29IN4O2S. The number of aryl methyl sites for hydroxylation is 2. The number of hydrogen-bond acceptors (Lipinski definition) is 5. The molecule has 3 rings (SSSR count). The van der Waals surface area contributed by atoms with Gasteiger partial charge in [-0.1, -0.05) is 0 Å². The molecule has 2 heterocycles. The largest absolute Gasteiger partial charge is 0.490 e. The summed E-state index contributed by atoms with van der Waals surface area (Å²) in [5.74, 6) is 2.38. The second kappa shape index (κ2) is 12.1. The molecule has 0 atom stereocenters. The van der Waals surface area contributed by atoms with Crippen molar-refractivity contribution in [2.24, 2.45) is 4.99 Å². The molecule has 8 heteroatoms. The summed E-state index contributed by atoms with van der Waals surface area (Å²) in [6, 6.07) is 5.91. The van der Waals surface area contributed by atoms with Crippen LogP contribution in [0.5, 0.6) is 11.5 Å². The zero-order valence-electron chi connectivity index (χ0n) is 16.5. The zero-order valence-corrected chi connectivity index (χ0v) is 19.6. The normalized spacial score (nSPS) is 13.4. The van der Waals surface area contributed by atoms with Crippen LogP contribution in [0.2, 0.25) is 0 Å². The molecule has 1 aliphatic heterocycles. The van der Waals surface area contributed by atoms with Gasteiger partial charge < -0.3 is 20.1 Å². The molecule has 2 aromatic rings. The monoisotopic (exact) mass is 516 g/mol. The van der Waals surface area contributed by atoms with Crippen molar-refractivity contribution in [1.82, 2.24) is 10.3 Å². The van der Waals surface area contributed by atoms with Crippen LogP contribution in [-0.4, -0.2) is 37.2 Å². The van der Waals surface area contributed by atoms with Gasteiger partial charge in [-0.05, 0) is 45.2 Å². The fourth-order valence-corrected chi connectivity index (χ4v) is 3.60. The molecule has 0 bridgehead atoms. The lowest BCUT2D eigenvalue weighted by Crippen LogP contribution is -2.30. The van der Waals surface area contributed by atoms with E-state index in [4.69, 9.17) is 9.47 Å². The Balaban J connectivity index is 0.00000280.